The standard InChI is InChI=1S/C43H37FN2O3/c1-3-49-42(48)37-24-36(29-19-20-29)40-28(2)39(38(44)27-46(40)41(37)47)30-21-22-31-25-45(26-32(31)23-30)43(33-13-7-4-8-14-33,34-15-9-5-10-16-34)35-17-11-6-12-18-35/h4-18,21-24,27,29H,3,19-20,25-26H2,1-2H3. The first kappa shape index (κ1) is 31.0. The number of aromatic nitrogens is 1. The lowest BCUT2D eigenvalue weighted by Gasteiger charge is -2.43. The molecule has 244 valence electrons. The summed E-state index contributed by atoms with van der Waals surface area (Å²) in [7, 11) is 0. The van der Waals surface area contributed by atoms with Gasteiger partial charge in [0.05, 0.1) is 17.7 Å². The second-order valence-corrected chi connectivity index (χ2v) is 13.2. The molecule has 4 aromatic carbocycles. The van der Waals surface area contributed by atoms with Crippen molar-refractivity contribution >= 4 is 11.5 Å². The normalized spacial score (nSPS) is 14.6. The first-order valence-corrected chi connectivity index (χ1v) is 17.0. The van der Waals surface area contributed by atoms with E-state index in [1.54, 1.807) is 13.0 Å². The molecule has 3 heterocycles. The number of hydrogen-bond donors (Lipinski definition) is 0. The molecule has 0 unspecified atom stereocenters. The molecule has 0 atom stereocenters. The van der Waals surface area contributed by atoms with E-state index in [1.807, 2.05) is 13.0 Å². The van der Waals surface area contributed by atoms with Crippen LogP contribution in [0.25, 0.3) is 16.6 Å². The van der Waals surface area contributed by atoms with Crippen LogP contribution in [0.1, 0.15) is 75.0 Å². The van der Waals surface area contributed by atoms with Gasteiger partial charge < -0.3 is 4.74 Å². The molecule has 0 spiro atoms. The molecule has 0 amide bonds. The molecule has 0 radical (unpaired) electrons. The van der Waals surface area contributed by atoms with Crippen LogP contribution in [-0.2, 0) is 23.4 Å². The van der Waals surface area contributed by atoms with E-state index in [0.717, 1.165) is 29.5 Å². The SMILES string of the molecule is CCOC(=O)c1cc(C2CC2)c2c(C)c(-c3ccc4c(c3)CN(C(c3ccccc3)(c3ccccc3)c3ccccc3)C4)c(F)cn2c1=O. The minimum absolute atomic E-state index is 0.0517. The number of ether oxygens (including phenoxy) is 1. The number of halogens is 1. The molecule has 0 bridgehead atoms. The van der Waals surface area contributed by atoms with Gasteiger partial charge in [0, 0.05) is 24.8 Å². The van der Waals surface area contributed by atoms with E-state index < -0.39 is 22.9 Å². The summed E-state index contributed by atoms with van der Waals surface area (Å²) in [6, 6.07) is 39.9. The summed E-state index contributed by atoms with van der Waals surface area (Å²) in [5.41, 5.74) is 8.21. The van der Waals surface area contributed by atoms with Crippen molar-refractivity contribution in [3.8, 4) is 11.1 Å². The predicted octanol–water partition coefficient (Wildman–Crippen LogP) is 8.78. The van der Waals surface area contributed by atoms with E-state index in [4.69, 9.17) is 4.74 Å². The minimum Gasteiger partial charge on any atom is -0.462 e. The number of benzene rings is 4. The van der Waals surface area contributed by atoms with Crippen LogP contribution in [0.15, 0.2) is 126 Å². The van der Waals surface area contributed by atoms with Crippen LogP contribution in [0.2, 0.25) is 0 Å². The Morgan fingerprint density at radius 1 is 0.816 bits per heavy atom. The fourth-order valence-corrected chi connectivity index (χ4v) is 7.94. The van der Waals surface area contributed by atoms with Crippen LogP contribution in [0.5, 0.6) is 0 Å². The van der Waals surface area contributed by atoms with E-state index in [0.29, 0.717) is 29.7 Å². The Morgan fingerprint density at radius 3 is 1.94 bits per heavy atom. The highest BCUT2D eigenvalue weighted by Gasteiger charge is 2.44. The molecule has 2 aliphatic rings. The summed E-state index contributed by atoms with van der Waals surface area (Å²) in [5, 5.41) is 0. The maximum absolute atomic E-state index is 16.3. The van der Waals surface area contributed by atoms with Crippen molar-refractivity contribution in [2.75, 3.05) is 6.61 Å². The van der Waals surface area contributed by atoms with Crippen molar-refractivity contribution < 1.29 is 13.9 Å². The summed E-state index contributed by atoms with van der Waals surface area (Å²) < 4.78 is 22.8. The average Bonchev–Trinajstić information content (AvgIpc) is 3.89. The zero-order valence-electron chi connectivity index (χ0n) is 27.7. The zero-order valence-corrected chi connectivity index (χ0v) is 27.7. The maximum Gasteiger partial charge on any atom is 0.343 e. The van der Waals surface area contributed by atoms with Crippen molar-refractivity contribution in [1.29, 1.82) is 0 Å². The highest BCUT2D eigenvalue weighted by molar-refractivity contribution is 5.91. The molecule has 8 rings (SSSR count). The van der Waals surface area contributed by atoms with Gasteiger partial charge in [0.15, 0.2) is 0 Å². The largest absolute Gasteiger partial charge is 0.462 e. The average molecular weight is 649 g/mol. The van der Waals surface area contributed by atoms with Crippen LogP contribution >= 0.6 is 0 Å². The minimum atomic E-state index is -0.674. The number of hydrogen-bond acceptors (Lipinski definition) is 4. The number of aryl methyl sites for hydroxylation is 1. The Bertz CT molecular complexity index is 2160. The van der Waals surface area contributed by atoms with Gasteiger partial charge in [0.25, 0.3) is 5.56 Å². The molecule has 6 aromatic rings. The third-order valence-electron chi connectivity index (χ3n) is 10.3. The summed E-state index contributed by atoms with van der Waals surface area (Å²) in [6.45, 7) is 5.12. The van der Waals surface area contributed by atoms with Gasteiger partial charge in [-0.25, -0.2) is 9.18 Å². The van der Waals surface area contributed by atoms with E-state index in [-0.39, 0.29) is 18.1 Å². The van der Waals surface area contributed by atoms with E-state index in [2.05, 4.69) is 108 Å². The van der Waals surface area contributed by atoms with E-state index in [9.17, 15) is 9.59 Å². The van der Waals surface area contributed by atoms with Gasteiger partial charge in [-0.2, -0.15) is 0 Å². The molecule has 49 heavy (non-hydrogen) atoms. The first-order valence-electron chi connectivity index (χ1n) is 17.0. The van der Waals surface area contributed by atoms with Gasteiger partial charge in [-0.15, -0.1) is 0 Å². The maximum atomic E-state index is 16.3. The fraction of sp³-hybridized carbons (Fsp3) is 0.209. The summed E-state index contributed by atoms with van der Waals surface area (Å²) in [6.07, 6.45) is 3.17. The van der Waals surface area contributed by atoms with Gasteiger partial charge in [0.1, 0.15) is 11.4 Å². The highest BCUT2D eigenvalue weighted by atomic mass is 19.1. The van der Waals surface area contributed by atoms with Gasteiger partial charge in [-0.3, -0.25) is 14.1 Å². The second kappa shape index (κ2) is 12.3. The van der Waals surface area contributed by atoms with Crippen molar-refractivity contribution in [2.24, 2.45) is 0 Å². The molecule has 0 N–H and O–H groups in total. The Hall–Kier alpha value is -5.33. The van der Waals surface area contributed by atoms with Crippen LogP contribution in [0, 0.1) is 12.7 Å². The first-order chi connectivity index (χ1) is 23.9. The monoisotopic (exact) mass is 648 g/mol. The lowest BCUT2D eigenvalue weighted by molar-refractivity contribution is 0.0524. The van der Waals surface area contributed by atoms with Crippen LogP contribution in [0.3, 0.4) is 0 Å². The smallest absolute Gasteiger partial charge is 0.343 e. The molecule has 6 heteroatoms. The quantitative estimate of drug-likeness (QED) is 0.122. The van der Waals surface area contributed by atoms with Gasteiger partial charge in [0.2, 0.25) is 0 Å². The number of esters is 1. The summed E-state index contributed by atoms with van der Waals surface area (Å²) >= 11 is 0. The van der Waals surface area contributed by atoms with Crippen molar-refractivity contribution in [3.63, 3.8) is 0 Å². The van der Waals surface area contributed by atoms with Crippen molar-refractivity contribution in [2.45, 2.75) is 51.2 Å². The Kier molecular flexibility index (Phi) is 7.76. The number of nitrogens with zero attached hydrogens (tertiary/aromatic N) is 2. The zero-order chi connectivity index (χ0) is 33.7. The lowest BCUT2D eigenvalue weighted by atomic mass is 9.75. The Labute approximate surface area is 285 Å². The van der Waals surface area contributed by atoms with Crippen molar-refractivity contribution in [1.82, 2.24) is 9.30 Å². The van der Waals surface area contributed by atoms with Crippen LogP contribution < -0.4 is 5.56 Å². The molecular formula is C43H37FN2O3. The molecule has 1 aliphatic heterocycles. The molecule has 1 saturated carbocycles. The topological polar surface area (TPSA) is 51.0 Å². The van der Waals surface area contributed by atoms with E-state index in [1.165, 1.54) is 32.9 Å². The van der Waals surface area contributed by atoms with Gasteiger partial charge >= 0.3 is 5.97 Å². The lowest BCUT2D eigenvalue weighted by Crippen LogP contribution is -2.45. The Morgan fingerprint density at radius 2 is 1.39 bits per heavy atom. The number of carbonyl (C=O) groups excluding carboxylic acids is 1. The van der Waals surface area contributed by atoms with Crippen LogP contribution in [0.4, 0.5) is 4.39 Å². The van der Waals surface area contributed by atoms with Gasteiger partial charge in [-0.1, -0.05) is 103 Å². The number of fused-ring (bicyclic) bond motifs is 2. The number of carbonyl (C=O) groups is 1. The molecule has 1 fully saturated rings. The molecule has 0 saturated heterocycles. The van der Waals surface area contributed by atoms with E-state index >= 15 is 4.39 Å². The van der Waals surface area contributed by atoms with Gasteiger partial charge in [-0.05, 0) is 89.2 Å². The fourth-order valence-electron chi connectivity index (χ4n) is 7.94. The predicted molar refractivity (Wildman–Crippen MR) is 190 cm³/mol. The van der Waals surface area contributed by atoms with Crippen LogP contribution in [-0.4, -0.2) is 21.9 Å². The molecule has 1 aliphatic carbocycles. The summed E-state index contributed by atoms with van der Waals surface area (Å²) in [5.74, 6) is -0.958. The van der Waals surface area contributed by atoms with Crippen molar-refractivity contribution in [3.05, 3.63) is 182 Å². The third-order valence-corrected chi connectivity index (χ3v) is 10.3. The molecular weight excluding hydrogens is 611 g/mol. The highest BCUT2D eigenvalue weighted by Crippen LogP contribution is 2.47. The second-order valence-electron chi connectivity index (χ2n) is 13.2. The molecule has 2 aromatic heterocycles. The molecule has 5 nitrogen and oxygen atoms in total. The number of pyridine rings is 2. The summed E-state index contributed by atoms with van der Waals surface area (Å²) in [4.78, 5) is 28.7. The number of rotatable bonds is 8. The third kappa shape index (κ3) is 5.10. The Balaban J connectivity index is 1.26.